The van der Waals surface area contributed by atoms with Gasteiger partial charge in [-0.15, -0.1) is 0 Å². The third-order valence-corrected chi connectivity index (χ3v) is 7.00. The van der Waals surface area contributed by atoms with Crippen LogP contribution in [-0.2, 0) is 9.53 Å². The Morgan fingerprint density at radius 2 is 0.794 bits per heavy atom. The lowest BCUT2D eigenvalue weighted by Crippen LogP contribution is -1.98. The van der Waals surface area contributed by atoms with Gasteiger partial charge in [-0.1, -0.05) is 162 Å². The summed E-state index contributed by atoms with van der Waals surface area (Å²) in [7, 11) is 0. The van der Waals surface area contributed by atoms with Crippen molar-refractivity contribution in [3.8, 4) is 0 Å². The summed E-state index contributed by atoms with van der Waals surface area (Å²) in [5, 5.41) is 0. The smallest absolute Gasteiger partial charge is 0.310 e. The second-order valence-electron chi connectivity index (χ2n) is 10.5. The number of rotatable bonds is 28. The minimum Gasteiger partial charge on any atom is -0.435 e. The van der Waals surface area contributed by atoms with Crippen LogP contribution < -0.4 is 0 Å². The summed E-state index contributed by atoms with van der Waals surface area (Å²) in [6, 6.07) is 0. The second kappa shape index (κ2) is 30.2. The summed E-state index contributed by atoms with van der Waals surface area (Å²) >= 11 is 0. The molecule has 0 unspecified atom stereocenters. The molecule has 0 spiro atoms. The van der Waals surface area contributed by atoms with Crippen LogP contribution in [0.25, 0.3) is 0 Å². The van der Waals surface area contributed by atoms with Crippen LogP contribution in [0.5, 0.6) is 0 Å². The maximum absolute atomic E-state index is 11.8. The fraction of sp³-hybridized carbons (Fsp3) is 0.906. The summed E-state index contributed by atoms with van der Waals surface area (Å²) in [5.41, 5.74) is 0. The highest BCUT2D eigenvalue weighted by Crippen LogP contribution is 2.14. The van der Waals surface area contributed by atoms with Crippen LogP contribution in [0.4, 0.5) is 0 Å². The molecule has 34 heavy (non-hydrogen) atoms. The van der Waals surface area contributed by atoms with Gasteiger partial charge in [0.2, 0.25) is 0 Å². The normalized spacial score (nSPS) is 11.5. The Bertz CT molecular complexity index is 415. The molecule has 0 aromatic rings. The van der Waals surface area contributed by atoms with Gasteiger partial charge in [-0.05, 0) is 25.3 Å². The lowest BCUT2D eigenvalue weighted by molar-refractivity contribution is -0.138. The van der Waals surface area contributed by atoms with E-state index in [1.54, 1.807) is 6.26 Å². The van der Waals surface area contributed by atoms with Crippen molar-refractivity contribution in [3.05, 3.63) is 12.3 Å². The number of unbranched alkanes of at least 4 members (excludes halogenated alkanes) is 24. The van der Waals surface area contributed by atoms with Crippen LogP contribution in [0.2, 0.25) is 0 Å². The molecule has 0 fully saturated rings. The van der Waals surface area contributed by atoms with Crippen molar-refractivity contribution in [1.82, 2.24) is 0 Å². The maximum atomic E-state index is 11.8. The van der Waals surface area contributed by atoms with Crippen molar-refractivity contribution in [2.24, 2.45) is 0 Å². The van der Waals surface area contributed by atoms with Crippen LogP contribution in [0, 0.1) is 0 Å². The zero-order valence-corrected chi connectivity index (χ0v) is 23.6. The summed E-state index contributed by atoms with van der Waals surface area (Å²) in [6.07, 6.45) is 39.2. The van der Waals surface area contributed by atoms with Crippen LogP contribution in [0.1, 0.15) is 187 Å². The van der Waals surface area contributed by atoms with Crippen molar-refractivity contribution in [2.45, 2.75) is 187 Å². The number of carbonyl (C=O) groups is 1. The fourth-order valence-electron chi connectivity index (χ4n) is 4.64. The largest absolute Gasteiger partial charge is 0.435 e. The Morgan fingerprint density at radius 1 is 0.471 bits per heavy atom. The Hall–Kier alpha value is -0.790. The molecule has 0 bridgehead atoms. The summed E-state index contributed by atoms with van der Waals surface area (Å²) in [5.74, 6) is -0.0637. The molecule has 0 N–H and O–H groups in total. The van der Waals surface area contributed by atoms with E-state index in [2.05, 4.69) is 13.8 Å². The molecule has 0 aromatic carbocycles. The SMILES string of the molecule is CCCCCCCCCCCCCCCCCCC=COC(=O)CCCCCCCCCCC. The van der Waals surface area contributed by atoms with Gasteiger partial charge in [-0.2, -0.15) is 0 Å². The van der Waals surface area contributed by atoms with Crippen LogP contribution >= 0.6 is 0 Å². The average Bonchev–Trinajstić information content (AvgIpc) is 2.84. The molecule has 2 nitrogen and oxygen atoms in total. The van der Waals surface area contributed by atoms with Gasteiger partial charge in [-0.25, -0.2) is 0 Å². The van der Waals surface area contributed by atoms with Gasteiger partial charge in [-0.3, -0.25) is 4.79 Å². The Kier molecular flexibility index (Phi) is 29.5. The lowest BCUT2D eigenvalue weighted by atomic mass is 10.0. The van der Waals surface area contributed by atoms with Gasteiger partial charge in [0.25, 0.3) is 0 Å². The van der Waals surface area contributed by atoms with E-state index in [1.807, 2.05) is 6.08 Å². The molecular weight excluding hydrogens is 416 g/mol. The molecule has 0 heterocycles. The highest BCUT2D eigenvalue weighted by Gasteiger charge is 2.00. The molecule has 0 aliphatic rings. The first kappa shape index (κ1) is 33.2. The van der Waals surface area contributed by atoms with E-state index >= 15 is 0 Å². The predicted molar refractivity (Wildman–Crippen MR) is 151 cm³/mol. The van der Waals surface area contributed by atoms with E-state index in [4.69, 9.17) is 4.74 Å². The van der Waals surface area contributed by atoms with Crippen LogP contribution in [-0.4, -0.2) is 5.97 Å². The molecule has 0 aliphatic heterocycles. The third kappa shape index (κ3) is 29.2. The monoisotopic (exact) mass is 478 g/mol. The van der Waals surface area contributed by atoms with Gasteiger partial charge in [0.15, 0.2) is 0 Å². The van der Waals surface area contributed by atoms with E-state index in [-0.39, 0.29) is 5.97 Å². The number of hydrogen-bond acceptors (Lipinski definition) is 2. The lowest BCUT2D eigenvalue weighted by Gasteiger charge is -2.03. The Labute approximate surface area is 215 Å². The number of ether oxygens (including phenoxy) is 1. The van der Waals surface area contributed by atoms with Gasteiger partial charge in [0, 0.05) is 6.42 Å². The summed E-state index contributed by atoms with van der Waals surface area (Å²) in [6.45, 7) is 4.55. The number of esters is 1. The molecule has 0 saturated heterocycles. The first-order valence-electron chi connectivity index (χ1n) is 15.7. The van der Waals surface area contributed by atoms with Gasteiger partial charge in [0.05, 0.1) is 6.26 Å². The molecule has 0 atom stereocenters. The van der Waals surface area contributed by atoms with E-state index in [0.717, 1.165) is 19.3 Å². The highest BCUT2D eigenvalue weighted by atomic mass is 16.5. The van der Waals surface area contributed by atoms with E-state index in [0.29, 0.717) is 6.42 Å². The number of allylic oxidation sites excluding steroid dienone is 1. The average molecular weight is 479 g/mol. The molecule has 0 saturated carbocycles. The highest BCUT2D eigenvalue weighted by molar-refractivity contribution is 5.69. The first-order chi connectivity index (χ1) is 16.8. The summed E-state index contributed by atoms with van der Waals surface area (Å²) < 4.78 is 5.22. The molecule has 0 aromatic heterocycles. The quantitative estimate of drug-likeness (QED) is 0.0634. The van der Waals surface area contributed by atoms with Crippen LogP contribution in [0.15, 0.2) is 12.3 Å². The Morgan fingerprint density at radius 3 is 1.18 bits per heavy atom. The van der Waals surface area contributed by atoms with E-state index < -0.39 is 0 Å². The van der Waals surface area contributed by atoms with E-state index in [9.17, 15) is 4.79 Å². The maximum Gasteiger partial charge on any atom is 0.310 e. The van der Waals surface area contributed by atoms with Crippen molar-refractivity contribution in [1.29, 1.82) is 0 Å². The number of carbonyl (C=O) groups excluding carboxylic acids is 1. The van der Waals surface area contributed by atoms with Crippen molar-refractivity contribution in [2.75, 3.05) is 0 Å². The molecule has 0 amide bonds. The van der Waals surface area contributed by atoms with E-state index in [1.165, 1.54) is 148 Å². The molecule has 2 heteroatoms. The fourth-order valence-corrected chi connectivity index (χ4v) is 4.64. The molecule has 202 valence electrons. The topological polar surface area (TPSA) is 26.3 Å². The minimum absolute atomic E-state index is 0.0637. The van der Waals surface area contributed by atoms with Gasteiger partial charge in [0.1, 0.15) is 0 Å². The molecular formula is C32H62O2. The molecule has 0 radical (unpaired) electrons. The van der Waals surface area contributed by atoms with Crippen LogP contribution in [0.3, 0.4) is 0 Å². The van der Waals surface area contributed by atoms with Crippen molar-refractivity contribution in [3.63, 3.8) is 0 Å². The second-order valence-corrected chi connectivity index (χ2v) is 10.5. The van der Waals surface area contributed by atoms with Crippen molar-refractivity contribution < 1.29 is 9.53 Å². The van der Waals surface area contributed by atoms with Gasteiger partial charge < -0.3 is 4.74 Å². The first-order valence-corrected chi connectivity index (χ1v) is 15.7. The standard InChI is InChI=1S/C32H62O2/c1-3-5-7-9-11-13-14-15-16-17-18-19-20-21-23-25-27-29-31-34-32(33)30-28-26-24-22-12-10-8-6-4-2/h29,31H,3-28,30H2,1-2H3. The zero-order chi connectivity index (χ0) is 24.8. The third-order valence-electron chi connectivity index (χ3n) is 7.00. The summed E-state index contributed by atoms with van der Waals surface area (Å²) in [4.78, 5) is 11.8. The molecule has 0 aliphatic carbocycles. The predicted octanol–water partition coefficient (Wildman–Crippen LogP) is 11.6. The van der Waals surface area contributed by atoms with Gasteiger partial charge >= 0.3 is 5.97 Å². The molecule has 0 rings (SSSR count). The number of hydrogen-bond donors (Lipinski definition) is 0. The van der Waals surface area contributed by atoms with Crippen molar-refractivity contribution >= 4 is 5.97 Å². The zero-order valence-electron chi connectivity index (χ0n) is 23.6. The minimum atomic E-state index is -0.0637. The Balaban J connectivity index is 3.20.